The summed E-state index contributed by atoms with van der Waals surface area (Å²) in [6.07, 6.45) is 6.75. The first kappa shape index (κ1) is 15.8. The van der Waals surface area contributed by atoms with Crippen LogP contribution in [0.15, 0.2) is 12.1 Å². The van der Waals surface area contributed by atoms with E-state index in [0.717, 1.165) is 12.8 Å². The first-order valence-corrected chi connectivity index (χ1v) is 8.24. The van der Waals surface area contributed by atoms with Crippen molar-refractivity contribution in [3.63, 3.8) is 0 Å². The van der Waals surface area contributed by atoms with Gasteiger partial charge in [-0.15, -0.1) is 0 Å². The molecule has 1 fully saturated rings. The number of hydrogen-bond donors (Lipinski definition) is 2. The lowest BCUT2D eigenvalue weighted by molar-refractivity contribution is 0.0694. The van der Waals surface area contributed by atoms with Gasteiger partial charge in [-0.1, -0.05) is 12.8 Å². The van der Waals surface area contributed by atoms with Gasteiger partial charge in [0.15, 0.2) is 0 Å². The fraction of sp³-hybridized carbons (Fsp3) is 0.533. The van der Waals surface area contributed by atoms with Crippen molar-refractivity contribution < 1.29 is 14.7 Å². The molecule has 5 nitrogen and oxygen atoms in total. The fourth-order valence-electron chi connectivity index (χ4n) is 2.72. The molecule has 0 unspecified atom stereocenters. The van der Waals surface area contributed by atoms with Gasteiger partial charge >= 0.3 is 5.97 Å². The van der Waals surface area contributed by atoms with Crippen molar-refractivity contribution in [3.8, 4) is 0 Å². The minimum Gasteiger partial charge on any atom is -0.478 e. The van der Waals surface area contributed by atoms with Crippen LogP contribution in [0.5, 0.6) is 0 Å². The second-order valence-electron chi connectivity index (χ2n) is 5.41. The molecular weight excluding hydrogens is 288 g/mol. The summed E-state index contributed by atoms with van der Waals surface area (Å²) in [5.74, 6) is -1.27. The van der Waals surface area contributed by atoms with Crippen molar-refractivity contribution in [2.24, 2.45) is 0 Å². The van der Waals surface area contributed by atoms with Crippen LogP contribution in [0.3, 0.4) is 0 Å². The number of carboxylic acids is 1. The third-order valence-electron chi connectivity index (χ3n) is 4.07. The number of nitrogens with one attached hydrogen (secondary N) is 1. The van der Waals surface area contributed by atoms with E-state index in [1.807, 2.05) is 11.8 Å². The normalized spacial score (nSPS) is 16.7. The van der Waals surface area contributed by atoms with E-state index in [4.69, 9.17) is 5.11 Å². The van der Waals surface area contributed by atoms with Crippen LogP contribution in [0.2, 0.25) is 0 Å². The molecule has 0 aromatic carbocycles. The molecule has 1 aliphatic rings. The molecule has 1 amide bonds. The van der Waals surface area contributed by atoms with Crippen LogP contribution in [0.25, 0.3) is 0 Å². The molecule has 0 aliphatic heterocycles. The van der Waals surface area contributed by atoms with E-state index in [2.05, 4.69) is 16.6 Å². The van der Waals surface area contributed by atoms with Crippen molar-refractivity contribution in [2.45, 2.75) is 37.4 Å². The van der Waals surface area contributed by atoms with Crippen molar-refractivity contribution >= 4 is 23.6 Å². The Morgan fingerprint density at radius 2 is 2.05 bits per heavy atom. The summed E-state index contributed by atoms with van der Waals surface area (Å²) >= 11 is 1.81. The molecule has 6 heteroatoms. The molecule has 0 radical (unpaired) electrons. The zero-order valence-electron chi connectivity index (χ0n) is 12.3. The lowest BCUT2D eigenvalue weighted by Crippen LogP contribution is -2.38. The summed E-state index contributed by atoms with van der Waals surface area (Å²) < 4.78 is 0.145. The van der Waals surface area contributed by atoms with Crippen LogP contribution >= 0.6 is 11.8 Å². The van der Waals surface area contributed by atoms with E-state index >= 15 is 0 Å². The van der Waals surface area contributed by atoms with E-state index in [1.165, 1.54) is 25.0 Å². The number of nitrogens with zero attached hydrogens (tertiary/aromatic N) is 1. The molecule has 0 spiro atoms. The number of rotatable bonds is 5. The second kappa shape index (κ2) is 6.47. The third kappa shape index (κ3) is 3.56. The Bertz CT molecular complexity index is 554. The topological polar surface area (TPSA) is 79.3 Å². The lowest BCUT2D eigenvalue weighted by Gasteiger charge is -2.26. The smallest absolute Gasteiger partial charge is 0.337 e. The largest absolute Gasteiger partial charge is 0.478 e. The Balaban J connectivity index is 2.03. The number of amides is 1. The quantitative estimate of drug-likeness (QED) is 0.873. The summed E-state index contributed by atoms with van der Waals surface area (Å²) in [5, 5.41) is 11.9. The number of hydrogen-bond acceptors (Lipinski definition) is 4. The van der Waals surface area contributed by atoms with Crippen LogP contribution in [-0.4, -0.2) is 39.5 Å². The molecule has 1 saturated carbocycles. The van der Waals surface area contributed by atoms with Crippen LogP contribution in [0.1, 0.15) is 52.2 Å². The molecule has 1 aromatic heterocycles. The molecule has 1 aliphatic carbocycles. The maximum absolute atomic E-state index is 12.2. The van der Waals surface area contributed by atoms with E-state index in [9.17, 15) is 9.59 Å². The number of aromatic nitrogens is 1. The summed E-state index contributed by atoms with van der Waals surface area (Å²) in [4.78, 5) is 27.2. The highest BCUT2D eigenvalue weighted by atomic mass is 32.2. The molecule has 2 rings (SSSR count). The van der Waals surface area contributed by atoms with Crippen LogP contribution in [-0.2, 0) is 0 Å². The number of thioether (sulfide) groups is 1. The molecule has 1 aromatic rings. The van der Waals surface area contributed by atoms with Gasteiger partial charge in [0.05, 0.1) is 11.3 Å². The zero-order valence-corrected chi connectivity index (χ0v) is 13.1. The SMILES string of the molecule is CSC1(CNC(=O)c2ccc(C(=O)O)c(C)n2)CCCC1. The monoisotopic (exact) mass is 308 g/mol. The molecule has 114 valence electrons. The Morgan fingerprint density at radius 1 is 1.38 bits per heavy atom. The Hall–Kier alpha value is -1.56. The minimum atomic E-state index is -1.03. The van der Waals surface area contributed by atoms with Crippen LogP contribution < -0.4 is 5.32 Å². The maximum atomic E-state index is 12.2. The predicted molar refractivity (Wildman–Crippen MR) is 83.0 cm³/mol. The van der Waals surface area contributed by atoms with Gasteiger partial charge in [0.25, 0.3) is 5.91 Å². The second-order valence-corrected chi connectivity index (χ2v) is 6.69. The average Bonchev–Trinajstić information content (AvgIpc) is 2.93. The van der Waals surface area contributed by atoms with Gasteiger partial charge in [-0.3, -0.25) is 4.79 Å². The van der Waals surface area contributed by atoms with Gasteiger partial charge in [0.1, 0.15) is 5.69 Å². The molecule has 1 heterocycles. The summed E-state index contributed by atoms with van der Waals surface area (Å²) in [7, 11) is 0. The number of pyridine rings is 1. The lowest BCUT2D eigenvalue weighted by atomic mass is 10.1. The number of carbonyl (C=O) groups excluding carboxylic acids is 1. The summed E-state index contributed by atoms with van der Waals surface area (Å²) in [5.41, 5.74) is 0.755. The number of carbonyl (C=O) groups is 2. The van der Waals surface area contributed by atoms with Crippen LogP contribution in [0.4, 0.5) is 0 Å². The average molecular weight is 308 g/mol. The molecule has 2 N–H and O–H groups in total. The Labute approximate surface area is 128 Å². The van der Waals surface area contributed by atoms with E-state index in [-0.39, 0.29) is 21.9 Å². The number of aromatic carboxylic acids is 1. The summed E-state index contributed by atoms with van der Waals surface area (Å²) in [6.45, 7) is 2.23. The standard InChI is InChI=1S/C15H20N2O3S/c1-10-11(14(19)20)5-6-12(17-10)13(18)16-9-15(21-2)7-3-4-8-15/h5-6H,3-4,7-9H2,1-2H3,(H,16,18)(H,19,20). The third-order valence-corrected chi connectivity index (χ3v) is 5.49. The summed E-state index contributed by atoms with van der Waals surface area (Å²) in [6, 6.07) is 2.89. The first-order chi connectivity index (χ1) is 9.97. The van der Waals surface area contributed by atoms with E-state index < -0.39 is 5.97 Å². The zero-order chi connectivity index (χ0) is 15.5. The van der Waals surface area contributed by atoms with Gasteiger partial charge in [0, 0.05) is 11.3 Å². The highest BCUT2D eigenvalue weighted by Gasteiger charge is 2.33. The number of carboxylic acid groups (broad SMARTS) is 1. The first-order valence-electron chi connectivity index (χ1n) is 7.02. The molecular formula is C15H20N2O3S. The van der Waals surface area contributed by atoms with Gasteiger partial charge in [-0.2, -0.15) is 11.8 Å². The molecule has 0 atom stereocenters. The fourth-order valence-corrected chi connectivity index (χ4v) is 3.63. The van der Waals surface area contributed by atoms with E-state index in [1.54, 1.807) is 6.92 Å². The molecule has 0 saturated heterocycles. The predicted octanol–water partition coefficient (Wildman–Crippen LogP) is 2.49. The van der Waals surface area contributed by atoms with Crippen molar-refractivity contribution in [3.05, 3.63) is 29.1 Å². The van der Waals surface area contributed by atoms with Crippen molar-refractivity contribution in [1.82, 2.24) is 10.3 Å². The van der Waals surface area contributed by atoms with Gasteiger partial charge in [-0.05, 0) is 38.2 Å². The van der Waals surface area contributed by atoms with Gasteiger partial charge in [-0.25, -0.2) is 9.78 Å². The number of aryl methyl sites for hydroxylation is 1. The van der Waals surface area contributed by atoms with Crippen molar-refractivity contribution in [1.29, 1.82) is 0 Å². The highest BCUT2D eigenvalue weighted by molar-refractivity contribution is 8.00. The Kier molecular flexibility index (Phi) is 4.88. The van der Waals surface area contributed by atoms with Crippen LogP contribution in [0, 0.1) is 6.92 Å². The minimum absolute atomic E-state index is 0.128. The maximum Gasteiger partial charge on any atom is 0.337 e. The van der Waals surface area contributed by atoms with Gasteiger partial charge in [0.2, 0.25) is 0 Å². The van der Waals surface area contributed by atoms with Gasteiger partial charge < -0.3 is 10.4 Å². The highest BCUT2D eigenvalue weighted by Crippen LogP contribution is 2.39. The molecule has 0 bridgehead atoms. The Morgan fingerprint density at radius 3 is 2.57 bits per heavy atom. The van der Waals surface area contributed by atoms with Crippen molar-refractivity contribution in [2.75, 3.05) is 12.8 Å². The van der Waals surface area contributed by atoms with E-state index in [0.29, 0.717) is 12.2 Å². The molecule has 21 heavy (non-hydrogen) atoms.